The molecule has 0 aliphatic rings. The van der Waals surface area contributed by atoms with Crippen molar-refractivity contribution in [2.45, 2.75) is 58.3 Å². The molecule has 0 aliphatic carbocycles. The van der Waals surface area contributed by atoms with Gasteiger partial charge in [-0.3, -0.25) is 19.7 Å². The molecule has 9 heteroatoms. The lowest BCUT2D eigenvalue weighted by Gasteiger charge is -2.04. The summed E-state index contributed by atoms with van der Waals surface area (Å²) < 4.78 is 0. The Morgan fingerprint density at radius 2 is 1.82 bits per heavy atom. The third-order valence-corrected chi connectivity index (χ3v) is 4.07. The van der Waals surface area contributed by atoms with Gasteiger partial charge in [0.15, 0.2) is 0 Å². The minimum atomic E-state index is -0.601. The van der Waals surface area contributed by atoms with Crippen LogP contribution >= 0.6 is 0 Å². The van der Waals surface area contributed by atoms with Crippen molar-refractivity contribution in [1.29, 1.82) is 0 Å². The molecule has 1 rings (SSSR count). The summed E-state index contributed by atoms with van der Waals surface area (Å²) in [7, 11) is 0. The fraction of sp³-hybridized carbons (Fsp3) is 0.526. The van der Waals surface area contributed by atoms with Crippen molar-refractivity contribution < 1.29 is 19.6 Å². The Hall–Kier alpha value is -2.97. The molecule has 0 radical (unpaired) electrons. The summed E-state index contributed by atoms with van der Waals surface area (Å²) in [6.07, 6.45) is 9.27. The zero-order valence-electron chi connectivity index (χ0n) is 16.1. The number of carbonyl (C=O) groups excluding carboxylic acids is 2. The van der Waals surface area contributed by atoms with E-state index in [0.29, 0.717) is 6.42 Å². The topological polar surface area (TPSA) is 134 Å². The number of nitrogens with zero attached hydrogens (tertiary/aromatic N) is 2. The van der Waals surface area contributed by atoms with E-state index < -0.39 is 10.8 Å². The maximum Gasteiger partial charge on any atom is 0.270 e. The van der Waals surface area contributed by atoms with Crippen molar-refractivity contribution in [1.82, 2.24) is 10.7 Å². The highest BCUT2D eigenvalue weighted by molar-refractivity contribution is 5.87. The minimum Gasteiger partial charge on any atom is -0.507 e. The Bertz CT molecular complexity index is 691. The van der Waals surface area contributed by atoms with Crippen LogP contribution in [-0.4, -0.2) is 34.6 Å². The number of amides is 2. The molecule has 0 unspecified atom stereocenters. The summed E-state index contributed by atoms with van der Waals surface area (Å²) in [6.45, 7) is 1.96. The van der Waals surface area contributed by atoms with E-state index in [1.165, 1.54) is 31.7 Å². The quantitative estimate of drug-likeness (QED) is 0.205. The molecule has 1 aromatic rings. The minimum absolute atomic E-state index is 0.0949. The monoisotopic (exact) mass is 392 g/mol. The van der Waals surface area contributed by atoms with E-state index in [1.54, 1.807) is 0 Å². The number of nitro benzene ring substituents is 1. The average Bonchev–Trinajstić information content (AvgIpc) is 2.67. The van der Waals surface area contributed by atoms with Gasteiger partial charge in [-0.15, -0.1) is 0 Å². The smallest absolute Gasteiger partial charge is 0.270 e. The Labute approximate surface area is 164 Å². The number of nitro groups is 1. The van der Waals surface area contributed by atoms with E-state index in [0.717, 1.165) is 37.6 Å². The number of rotatable bonds is 13. The van der Waals surface area contributed by atoms with Crippen LogP contribution in [0.5, 0.6) is 5.75 Å². The number of phenolic OH excluding ortho intramolecular Hbond substituents is 1. The van der Waals surface area contributed by atoms with Gasteiger partial charge in [0, 0.05) is 24.1 Å². The number of hydrogen-bond donors (Lipinski definition) is 3. The molecular formula is C19H28N4O5. The Kier molecular flexibility index (Phi) is 10.9. The van der Waals surface area contributed by atoms with Crippen molar-refractivity contribution in [3.05, 3.63) is 33.9 Å². The number of non-ortho nitro benzene ring substituents is 1. The predicted molar refractivity (Wildman–Crippen MR) is 106 cm³/mol. The Morgan fingerprint density at radius 3 is 2.50 bits per heavy atom. The molecule has 2 amide bonds. The summed E-state index contributed by atoms with van der Waals surface area (Å²) in [5.74, 6) is -0.926. The second kappa shape index (κ2) is 13.2. The fourth-order valence-electron chi connectivity index (χ4n) is 2.48. The molecule has 9 nitrogen and oxygen atoms in total. The van der Waals surface area contributed by atoms with Crippen molar-refractivity contribution in [2.75, 3.05) is 6.54 Å². The highest BCUT2D eigenvalue weighted by atomic mass is 16.6. The number of phenols is 1. The van der Waals surface area contributed by atoms with Crippen LogP contribution in [0.25, 0.3) is 0 Å². The Morgan fingerprint density at radius 1 is 1.14 bits per heavy atom. The SMILES string of the molecule is CCCCCCCCCC(=O)NCC(=O)N/N=C\c1cc([N+](=O)[O-])ccc1O. The normalized spacial score (nSPS) is 10.8. The van der Waals surface area contributed by atoms with Gasteiger partial charge < -0.3 is 10.4 Å². The molecule has 1 aromatic carbocycles. The third kappa shape index (κ3) is 9.65. The molecular weight excluding hydrogens is 364 g/mol. The zero-order valence-corrected chi connectivity index (χ0v) is 16.1. The van der Waals surface area contributed by atoms with Gasteiger partial charge in [-0.05, 0) is 12.5 Å². The van der Waals surface area contributed by atoms with Gasteiger partial charge in [0.25, 0.3) is 11.6 Å². The molecule has 3 N–H and O–H groups in total. The number of unbranched alkanes of at least 4 members (excludes halogenated alkanes) is 6. The lowest BCUT2D eigenvalue weighted by atomic mass is 10.1. The van der Waals surface area contributed by atoms with E-state index in [2.05, 4.69) is 22.8 Å². The second-order valence-corrected chi connectivity index (χ2v) is 6.44. The molecule has 0 bridgehead atoms. The molecule has 0 heterocycles. The van der Waals surface area contributed by atoms with Gasteiger partial charge in [-0.25, -0.2) is 5.43 Å². The van der Waals surface area contributed by atoms with Crippen molar-refractivity contribution in [3.63, 3.8) is 0 Å². The summed E-state index contributed by atoms with van der Waals surface area (Å²) in [5.41, 5.74) is 2.08. The van der Waals surface area contributed by atoms with Gasteiger partial charge >= 0.3 is 0 Å². The van der Waals surface area contributed by atoms with E-state index in [-0.39, 0.29) is 29.5 Å². The van der Waals surface area contributed by atoms with Crippen molar-refractivity contribution in [2.24, 2.45) is 5.10 Å². The zero-order chi connectivity index (χ0) is 20.8. The summed E-state index contributed by atoms with van der Waals surface area (Å²) in [4.78, 5) is 33.5. The first-order valence-corrected chi connectivity index (χ1v) is 9.50. The number of hydrogen-bond acceptors (Lipinski definition) is 6. The molecule has 154 valence electrons. The highest BCUT2D eigenvalue weighted by Gasteiger charge is 2.09. The van der Waals surface area contributed by atoms with E-state index in [9.17, 15) is 24.8 Å². The first-order valence-electron chi connectivity index (χ1n) is 9.50. The standard InChI is InChI=1S/C19H28N4O5/c1-2-3-4-5-6-7-8-9-18(25)20-14-19(26)22-21-13-15-12-16(23(27)28)10-11-17(15)24/h10-13,24H,2-9,14H2,1H3,(H,20,25)(H,22,26)/b21-13-. The molecule has 0 aliphatic heterocycles. The van der Waals surface area contributed by atoms with Crippen LogP contribution in [0.15, 0.2) is 23.3 Å². The summed E-state index contributed by atoms with van der Waals surface area (Å²) in [5, 5.41) is 26.5. The lowest BCUT2D eigenvalue weighted by molar-refractivity contribution is -0.384. The van der Waals surface area contributed by atoms with Crippen LogP contribution < -0.4 is 10.7 Å². The van der Waals surface area contributed by atoms with Crippen LogP contribution in [0.3, 0.4) is 0 Å². The second-order valence-electron chi connectivity index (χ2n) is 6.44. The number of benzene rings is 1. The number of aromatic hydroxyl groups is 1. The lowest BCUT2D eigenvalue weighted by Crippen LogP contribution is -2.34. The molecule has 0 fully saturated rings. The van der Waals surface area contributed by atoms with E-state index in [1.807, 2.05) is 0 Å². The van der Waals surface area contributed by atoms with Gasteiger partial charge in [-0.1, -0.05) is 45.4 Å². The van der Waals surface area contributed by atoms with Crippen LogP contribution in [0, 0.1) is 10.1 Å². The number of carbonyl (C=O) groups is 2. The summed E-state index contributed by atoms with van der Waals surface area (Å²) >= 11 is 0. The average molecular weight is 392 g/mol. The molecule has 28 heavy (non-hydrogen) atoms. The fourth-order valence-corrected chi connectivity index (χ4v) is 2.48. The van der Waals surface area contributed by atoms with E-state index in [4.69, 9.17) is 0 Å². The third-order valence-electron chi connectivity index (χ3n) is 4.07. The van der Waals surface area contributed by atoms with Crippen molar-refractivity contribution in [3.8, 4) is 5.75 Å². The predicted octanol–water partition coefficient (Wildman–Crippen LogP) is 3.01. The Balaban J connectivity index is 2.24. The summed E-state index contributed by atoms with van der Waals surface area (Å²) in [6, 6.07) is 3.46. The van der Waals surface area contributed by atoms with Crippen LogP contribution in [0.1, 0.15) is 63.9 Å². The number of hydrazone groups is 1. The van der Waals surface area contributed by atoms with Crippen LogP contribution in [0.2, 0.25) is 0 Å². The van der Waals surface area contributed by atoms with E-state index >= 15 is 0 Å². The van der Waals surface area contributed by atoms with Gasteiger partial charge in [0.1, 0.15) is 5.75 Å². The van der Waals surface area contributed by atoms with Crippen LogP contribution in [0.4, 0.5) is 5.69 Å². The first-order chi connectivity index (χ1) is 13.4. The molecule has 0 spiro atoms. The molecule has 0 saturated heterocycles. The largest absolute Gasteiger partial charge is 0.507 e. The molecule has 0 aromatic heterocycles. The highest BCUT2D eigenvalue weighted by Crippen LogP contribution is 2.21. The van der Waals surface area contributed by atoms with Gasteiger partial charge in [0.2, 0.25) is 5.91 Å². The van der Waals surface area contributed by atoms with Crippen molar-refractivity contribution >= 4 is 23.7 Å². The maximum absolute atomic E-state index is 11.7. The van der Waals surface area contributed by atoms with Gasteiger partial charge in [-0.2, -0.15) is 5.10 Å². The number of nitrogens with one attached hydrogen (secondary N) is 2. The van der Waals surface area contributed by atoms with Crippen LogP contribution in [-0.2, 0) is 9.59 Å². The maximum atomic E-state index is 11.7. The van der Waals surface area contributed by atoms with Gasteiger partial charge in [0.05, 0.1) is 17.7 Å². The molecule has 0 atom stereocenters. The first kappa shape index (κ1) is 23.1. The molecule has 0 saturated carbocycles.